The molecule has 0 radical (unpaired) electrons. The summed E-state index contributed by atoms with van der Waals surface area (Å²) >= 11 is 0. The van der Waals surface area contributed by atoms with Crippen LogP contribution in [0.4, 0.5) is 0 Å². The number of aliphatic hydroxyl groups excluding tert-OH is 1. The number of rotatable bonds is 9. The predicted molar refractivity (Wildman–Crippen MR) is 152 cm³/mol. The summed E-state index contributed by atoms with van der Waals surface area (Å²) in [6.07, 6.45) is 10.2. The smallest absolute Gasteiger partial charge is 0.249 e. The molecule has 0 saturated carbocycles. The van der Waals surface area contributed by atoms with E-state index >= 15 is 0 Å². The molecule has 1 aromatic carbocycles. The largest absolute Gasteiger partial charge is 0.394 e. The van der Waals surface area contributed by atoms with Crippen LogP contribution in [0.15, 0.2) is 54.6 Å². The molecule has 8 heteroatoms. The van der Waals surface area contributed by atoms with Gasteiger partial charge in [-0.25, -0.2) is 0 Å². The van der Waals surface area contributed by atoms with E-state index in [2.05, 4.69) is 6.92 Å². The van der Waals surface area contributed by atoms with E-state index in [1.165, 1.54) is 0 Å². The van der Waals surface area contributed by atoms with Gasteiger partial charge >= 0.3 is 0 Å². The van der Waals surface area contributed by atoms with Gasteiger partial charge in [0.2, 0.25) is 17.7 Å². The number of hydrogen-bond acceptors (Lipinski definition) is 5. The maximum absolute atomic E-state index is 14.6. The Labute approximate surface area is 237 Å². The van der Waals surface area contributed by atoms with Gasteiger partial charge in [-0.1, -0.05) is 88.2 Å². The molecule has 4 aliphatic heterocycles. The van der Waals surface area contributed by atoms with Crippen molar-refractivity contribution in [1.29, 1.82) is 0 Å². The number of hydrogen-bond donors (Lipinski definition) is 1. The molecule has 2 saturated heterocycles. The van der Waals surface area contributed by atoms with Crippen molar-refractivity contribution in [1.82, 2.24) is 14.7 Å². The van der Waals surface area contributed by atoms with Crippen LogP contribution in [-0.2, 0) is 25.7 Å². The topological polar surface area (TPSA) is 90.4 Å². The van der Waals surface area contributed by atoms with Crippen LogP contribution in [0.5, 0.6) is 0 Å². The third kappa shape index (κ3) is 4.49. The van der Waals surface area contributed by atoms with Crippen LogP contribution in [0.25, 0.3) is 0 Å². The van der Waals surface area contributed by atoms with Gasteiger partial charge in [-0.15, -0.1) is 0 Å². The molecule has 40 heavy (non-hydrogen) atoms. The maximum Gasteiger partial charge on any atom is 0.249 e. The van der Waals surface area contributed by atoms with Crippen LogP contribution in [-0.4, -0.2) is 87.1 Å². The van der Waals surface area contributed by atoms with E-state index in [-0.39, 0.29) is 30.2 Å². The summed E-state index contributed by atoms with van der Waals surface area (Å²) < 4.78 is 6.92. The van der Waals surface area contributed by atoms with Gasteiger partial charge in [-0.05, 0) is 24.8 Å². The van der Waals surface area contributed by atoms with Crippen LogP contribution in [0.3, 0.4) is 0 Å². The molecule has 4 heterocycles. The normalized spacial score (nSPS) is 33.0. The Kier molecular flexibility index (Phi) is 7.94. The fraction of sp³-hybridized carbons (Fsp3) is 0.594. The summed E-state index contributed by atoms with van der Waals surface area (Å²) in [5, 5.41) is 10.5. The first-order valence-electron chi connectivity index (χ1n) is 14.8. The van der Waals surface area contributed by atoms with Gasteiger partial charge in [-0.2, -0.15) is 0 Å². The lowest BCUT2D eigenvalue weighted by Crippen LogP contribution is -2.59. The van der Waals surface area contributed by atoms with Gasteiger partial charge < -0.3 is 24.5 Å². The lowest BCUT2D eigenvalue weighted by molar-refractivity contribution is -0.157. The second kappa shape index (κ2) is 11.1. The first-order chi connectivity index (χ1) is 19.2. The summed E-state index contributed by atoms with van der Waals surface area (Å²) in [5.74, 6) is -2.32. The molecular weight excluding hydrogens is 506 g/mol. The standard InChI is InChI=1S/C32H43N3O5/c1-5-7-17-33-18-12-16-32-26(29(38)35(27(32)30(33)39)24(21-36)22(3)6-2)25-28(37)34(19-11-15-31(25,4)40-32)20-23-13-9-8-10-14-23/h8-16,22,24-27,36H,5-7,17-21H2,1-4H3/t22-,24-,25+,26-,27?,31-,32-/m0/s1. The Balaban J connectivity index is 1.61. The van der Waals surface area contributed by atoms with Gasteiger partial charge in [0.1, 0.15) is 11.6 Å². The highest BCUT2D eigenvalue weighted by molar-refractivity contribution is 6.00. The average molecular weight is 550 g/mol. The van der Waals surface area contributed by atoms with Gasteiger partial charge in [0.15, 0.2) is 0 Å². The van der Waals surface area contributed by atoms with E-state index in [1.54, 1.807) is 14.7 Å². The lowest BCUT2D eigenvalue weighted by atomic mass is 9.74. The van der Waals surface area contributed by atoms with Crippen molar-refractivity contribution in [2.24, 2.45) is 17.8 Å². The molecule has 7 atom stereocenters. The zero-order valence-electron chi connectivity index (χ0n) is 24.2. The second-order valence-electron chi connectivity index (χ2n) is 12.0. The fourth-order valence-corrected chi connectivity index (χ4v) is 7.23. The van der Waals surface area contributed by atoms with Crippen LogP contribution in [0.1, 0.15) is 52.5 Å². The molecule has 1 spiro atoms. The number of aliphatic hydroxyl groups is 1. The summed E-state index contributed by atoms with van der Waals surface area (Å²) in [4.78, 5) is 48.5. The molecule has 0 bridgehead atoms. The zero-order chi connectivity index (χ0) is 28.7. The molecule has 8 nitrogen and oxygen atoms in total. The third-order valence-corrected chi connectivity index (χ3v) is 9.50. The molecule has 0 aromatic heterocycles. The van der Waals surface area contributed by atoms with Crippen molar-refractivity contribution in [3.63, 3.8) is 0 Å². The minimum absolute atomic E-state index is 0.0420. The lowest BCUT2D eigenvalue weighted by Gasteiger charge is -2.41. The predicted octanol–water partition coefficient (Wildman–Crippen LogP) is 3.16. The van der Waals surface area contributed by atoms with Crippen LogP contribution < -0.4 is 0 Å². The Morgan fingerprint density at radius 2 is 1.68 bits per heavy atom. The highest BCUT2D eigenvalue weighted by Gasteiger charge is 2.75. The monoisotopic (exact) mass is 549 g/mol. The van der Waals surface area contributed by atoms with Crippen molar-refractivity contribution < 1.29 is 24.2 Å². The van der Waals surface area contributed by atoms with Crippen LogP contribution in [0, 0.1) is 17.8 Å². The quantitative estimate of drug-likeness (QED) is 0.478. The molecule has 4 aliphatic rings. The molecule has 5 rings (SSSR count). The van der Waals surface area contributed by atoms with Crippen LogP contribution in [0.2, 0.25) is 0 Å². The van der Waals surface area contributed by atoms with E-state index in [1.807, 2.05) is 75.4 Å². The molecule has 1 aromatic rings. The number of benzene rings is 1. The molecule has 3 amide bonds. The Morgan fingerprint density at radius 1 is 0.975 bits per heavy atom. The van der Waals surface area contributed by atoms with E-state index in [0.717, 1.165) is 24.8 Å². The number of carbonyl (C=O) groups is 3. The fourth-order valence-electron chi connectivity index (χ4n) is 7.23. The van der Waals surface area contributed by atoms with E-state index in [0.29, 0.717) is 26.2 Å². The van der Waals surface area contributed by atoms with Crippen molar-refractivity contribution in [2.75, 3.05) is 26.2 Å². The summed E-state index contributed by atoms with van der Waals surface area (Å²) in [7, 11) is 0. The van der Waals surface area contributed by atoms with Gasteiger partial charge in [0.05, 0.1) is 30.1 Å². The molecule has 216 valence electrons. The minimum Gasteiger partial charge on any atom is -0.394 e. The SMILES string of the molecule is CCCCN1CC=C[C@]23O[C@@]4(C)C=CCN(Cc5ccccc5)C(=O)[C@H]4[C@H]2C(=O)N([C@@H](CO)[C@@H](C)CC)C3C1=O. The van der Waals surface area contributed by atoms with Gasteiger partial charge in [0, 0.05) is 26.2 Å². The van der Waals surface area contributed by atoms with Crippen molar-refractivity contribution in [3.8, 4) is 0 Å². The number of likely N-dealkylation sites (tertiary alicyclic amines) is 1. The number of unbranched alkanes of at least 4 members (excludes halogenated alkanes) is 1. The highest BCUT2D eigenvalue weighted by Crippen LogP contribution is 2.58. The summed E-state index contributed by atoms with van der Waals surface area (Å²) in [6, 6.07) is 8.32. The third-order valence-electron chi connectivity index (χ3n) is 9.50. The van der Waals surface area contributed by atoms with E-state index < -0.39 is 35.1 Å². The summed E-state index contributed by atoms with van der Waals surface area (Å²) in [5.41, 5.74) is -1.35. The molecule has 2 fully saturated rings. The zero-order valence-corrected chi connectivity index (χ0v) is 24.2. The van der Waals surface area contributed by atoms with Crippen molar-refractivity contribution in [2.45, 2.75) is 76.8 Å². The van der Waals surface area contributed by atoms with Gasteiger partial charge in [-0.3, -0.25) is 14.4 Å². The van der Waals surface area contributed by atoms with Crippen LogP contribution >= 0.6 is 0 Å². The van der Waals surface area contributed by atoms with Gasteiger partial charge in [0.25, 0.3) is 0 Å². The van der Waals surface area contributed by atoms with E-state index in [9.17, 15) is 19.5 Å². The molecule has 0 aliphatic carbocycles. The number of nitrogens with zero attached hydrogens (tertiary/aromatic N) is 3. The first-order valence-corrected chi connectivity index (χ1v) is 14.8. The number of carbonyl (C=O) groups excluding carboxylic acids is 3. The van der Waals surface area contributed by atoms with Crippen molar-refractivity contribution >= 4 is 17.7 Å². The Bertz CT molecular complexity index is 1180. The number of ether oxygens (including phenoxy) is 1. The van der Waals surface area contributed by atoms with E-state index in [4.69, 9.17) is 4.74 Å². The highest BCUT2D eigenvalue weighted by atomic mass is 16.5. The molecule has 1 unspecified atom stereocenters. The second-order valence-corrected chi connectivity index (χ2v) is 12.0. The average Bonchev–Trinajstić information content (AvgIpc) is 3.23. The Hall–Kier alpha value is -2.97. The summed E-state index contributed by atoms with van der Waals surface area (Å²) in [6.45, 7) is 9.54. The van der Waals surface area contributed by atoms with Crippen molar-refractivity contribution in [3.05, 3.63) is 60.2 Å². The number of amides is 3. The maximum atomic E-state index is 14.6. The number of fused-ring (bicyclic) bond motifs is 2. The Morgan fingerprint density at radius 3 is 2.35 bits per heavy atom. The molecular formula is C32H43N3O5. The minimum atomic E-state index is -1.30. The molecule has 1 N–H and O–H groups in total. The first kappa shape index (κ1) is 28.6.